The number of nitrogens with one attached hydrogen (secondary N) is 2. The molecule has 86 valence electrons. The minimum absolute atomic E-state index is 0.00964. The number of anilines is 1. The fraction of sp³-hybridized carbons (Fsp3) is 0.300. The predicted octanol–water partition coefficient (Wildman–Crippen LogP) is 2.29. The van der Waals surface area contributed by atoms with Crippen molar-refractivity contribution in [2.75, 3.05) is 5.32 Å². The number of para-hydroxylation sites is 2. The maximum Gasteiger partial charge on any atom is 0.292 e. The summed E-state index contributed by atoms with van der Waals surface area (Å²) in [6, 6.07) is 6.56. The molecule has 0 aliphatic carbocycles. The summed E-state index contributed by atoms with van der Waals surface area (Å²) in [5, 5.41) is 16.9. The summed E-state index contributed by atoms with van der Waals surface area (Å²) in [7, 11) is 0. The average molecular weight is 239 g/mol. The van der Waals surface area contributed by atoms with Gasteiger partial charge in [0.25, 0.3) is 5.69 Å². The van der Waals surface area contributed by atoms with Crippen molar-refractivity contribution < 1.29 is 4.92 Å². The van der Waals surface area contributed by atoms with Crippen LogP contribution in [0.3, 0.4) is 0 Å². The van der Waals surface area contributed by atoms with E-state index in [-0.39, 0.29) is 11.7 Å². The predicted molar refractivity (Wildman–Crippen MR) is 67.6 cm³/mol. The van der Waals surface area contributed by atoms with Gasteiger partial charge in [0.15, 0.2) is 5.11 Å². The molecule has 0 atom stereocenters. The van der Waals surface area contributed by atoms with E-state index in [0.29, 0.717) is 10.8 Å². The molecule has 0 saturated carbocycles. The van der Waals surface area contributed by atoms with Crippen molar-refractivity contribution in [1.82, 2.24) is 5.32 Å². The first-order chi connectivity index (χ1) is 7.50. The van der Waals surface area contributed by atoms with E-state index in [0.717, 1.165) is 0 Å². The van der Waals surface area contributed by atoms with E-state index >= 15 is 0 Å². The van der Waals surface area contributed by atoms with E-state index in [4.69, 9.17) is 12.2 Å². The number of nitro groups is 1. The number of benzene rings is 1. The van der Waals surface area contributed by atoms with E-state index in [1.807, 2.05) is 13.8 Å². The fourth-order valence-electron chi connectivity index (χ4n) is 1.16. The highest BCUT2D eigenvalue weighted by molar-refractivity contribution is 7.80. The minimum atomic E-state index is -0.444. The van der Waals surface area contributed by atoms with Crippen LogP contribution in [-0.4, -0.2) is 16.1 Å². The lowest BCUT2D eigenvalue weighted by atomic mass is 10.3. The first-order valence-corrected chi connectivity index (χ1v) is 5.22. The Morgan fingerprint density at radius 2 is 2.06 bits per heavy atom. The van der Waals surface area contributed by atoms with Gasteiger partial charge in [-0.25, -0.2) is 0 Å². The minimum Gasteiger partial charge on any atom is -0.360 e. The third-order valence-corrected chi connectivity index (χ3v) is 1.99. The highest BCUT2D eigenvalue weighted by atomic mass is 32.1. The fourth-order valence-corrected chi connectivity index (χ4v) is 1.50. The molecule has 0 amide bonds. The van der Waals surface area contributed by atoms with Crippen LogP contribution in [0.1, 0.15) is 13.8 Å². The lowest BCUT2D eigenvalue weighted by Gasteiger charge is -2.12. The van der Waals surface area contributed by atoms with Gasteiger partial charge in [-0.1, -0.05) is 12.1 Å². The zero-order valence-electron chi connectivity index (χ0n) is 9.06. The lowest BCUT2D eigenvalue weighted by Crippen LogP contribution is -2.34. The first-order valence-electron chi connectivity index (χ1n) is 4.81. The second-order valence-corrected chi connectivity index (χ2v) is 3.94. The smallest absolute Gasteiger partial charge is 0.292 e. The quantitative estimate of drug-likeness (QED) is 0.481. The molecule has 0 aromatic heterocycles. The van der Waals surface area contributed by atoms with Crippen LogP contribution in [0.25, 0.3) is 0 Å². The van der Waals surface area contributed by atoms with Crippen LogP contribution in [0.5, 0.6) is 0 Å². The van der Waals surface area contributed by atoms with Gasteiger partial charge in [-0.05, 0) is 32.1 Å². The SMILES string of the molecule is CC(C)NC(=S)Nc1ccccc1[N+](=O)[O-]. The van der Waals surface area contributed by atoms with Crippen LogP contribution in [-0.2, 0) is 0 Å². The Morgan fingerprint density at radius 3 is 2.62 bits per heavy atom. The zero-order valence-corrected chi connectivity index (χ0v) is 9.88. The van der Waals surface area contributed by atoms with Gasteiger partial charge < -0.3 is 10.6 Å². The highest BCUT2D eigenvalue weighted by Crippen LogP contribution is 2.22. The molecule has 2 N–H and O–H groups in total. The standard InChI is InChI=1S/C10H13N3O2S/c1-7(2)11-10(16)12-8-5-3-4-6-9(8)13(14)15/h3-7H,1-2H3,(H2,11,12,16). The maximum atomic E-state index is 10.7. The van der Waals surface area contributed by atoms with Crippen LogP contribution < -0.4 is 10.6 Å². The number of nitrogens with zero attached hydrogens (tertiary/aromatic N) is 1. The molecule has 1 aromatic rings. The van der Waals surface area contributed by atoms with E-state index in [9.17, 15) is 10.1 Å². The Morgan fingerprint density at radius 1 is 1.44 bits per heavy atom. The summed E-state index contributed by atoms with van der Waals surface area (Å²) in [6.45, 7) is 3.88. The second-order valence-electron chi connectivity index (χ2n) is 3.53. The summed E-state index contributed by atoms with van der Waals surface area (Å²) in [5.41, 5.74) is 0.404. The Balaban J connectivity index is 2.81. The van der Waals surface area contributed by atoms with Gasteiger partial charge in [0.05, 0.1) is 4.92 Å². The maximum absolute atomic E-state index is 10.7. The Labute approximate surface area is 99.0 Å². The van der Waals surface area contributed by atoms with Crippen molar-refractivity contribution in [2.45, 2.75) is 19.9 Å². The van der Waals surface area contributed by atoms with E-state index in [1.165, 1.54) is 6.07 Å². The van der Waals surface area contributed by atoms with Crippen molar-refractivity contribution in [3.05, 3.63) is 34.4 Å². The topological polar surface area (TPSA) is 67.2 Å². The number of hydrogen-bond donors (Lipinski definition) is 2. The van der Waals surface area contributed by atoms with Crippen molar-refractivity contribution in [2.24, 2.45) is 0 Å². The van der Waals surface area contributed by atoms with Gasteiger partial charge >= 0.3 is 0 Å². The number of rotatable bonds is 3. The summed E-state index contributed by atoms with van der Waals surface area (Å²) in [6.07, 6.45) is 0. The molecule has 0 spiro atoms. The van der Waals surface area contributed by atoms with Gasteiger partial charge in [0.1, 0.15) is 5.69 Å². The van der Waals surface area contributed by atoms with Crippen molar-refractivity contribution in [3.8, 4) is 0 Å². The summed E-state index contributed by atoms with van der Waals surface area (Å²) in [5.74, 6) is 0. The van der Waals surface area contributed by atoms with Gasteiger partial charge in [-0.3, -0.25) is 10.1 Å². The molecule has 0 radical (unpaired) electrons. The normalized spacial score (nSPS) is 9.94. The van der Waals surface area contributed by atoms with E-state index in [2.05, 4.69) is 10.6 Å². The van der Waals surface area contributed by atoms with Gasteiger partial charge in [0, 0.05) is 12.1 Å². The molecular formula is C10H13N3O2S. The van der Waals surface area contributed by atoms with Crippen molar-refractivity contribution in [3.63, 3.8) is 0 Å². The molecule has 0 aliphatic heterocycles. The lowest BCUT2D eigenvalue weighted by molar-refractivity contribution is -0.383. The van der Waals surface area contributed by atoms with Crippen LogP contribution in [0.4, 0.5) is 11.4 Å². The zero-order chi connectivity index (χ0) is 12.1. The largest absolute Gasteiger partial charge is 0.360 e. The number of thiocarbonyl (C=S) groups is 1. The first kappa shape index (κ1) is 12.4. The van der Waals surface area contributed by atoms with Crippen LogP contribution in [0.15, 0.2) is 24.3 Å². The molecular weight excluding hydrogens is 226 g/mol. The molecule has 1 rings (SSSR count). The monoisotopic (exact) mass is 239 g/mol. The molecule has 0 unspecified atom stereocenters. The third-order valence-electron chi connectivity index (χ3n) is 1.77. The highest BCUT2D eigenvalue weighted by Gasteiger charge is 2.13. The Kier molecular flexibility index (Phi) is 4.19. The molecule has 0 saturated heterocycles. The second kappa shape index (κ2) is 5.41. The van der Waals surface area contributed by atoms with Gasteiger partial charge in [-0.15, -0.1) is 0 Å². The van der Waals surface area contributed by atoms with Gasteiger partial charge in [0.2, 0.25) is 0 Å². The third kappa shape index (κ3) is 3.47. The summed E-state index contributed by atoms with van der Waals surface area (Å²) in [4.78, 5) is 10.3. The summed E-state index contributed by atoms with van der Waals surface area (Å²) < 4.78 is 0. The van der Waals surface area contributed by atoms with E-state index in [1.54, 1.807) is 18.2 Å². The molecule has 0 heterocycles. The van der Waals surface area contributed by atoms with Crippen LogP contribution >= 0.6 is 12.2 Å². The van der Waals surface area contributed by atoms with Crippen molar-refractivity contribution >= 4 is 28.7 Å². The van der Waals surface area contributed by atoms with Crippen LogP contribution in [0.2, 0.25) is 0 Å². The molecule has 0 fully saturated rings. The van der Waals surface area contributed by atoms with Gasteiger partial charge in [-0.2, -0.15) is 0 Å². The molecule has 0 aliphatic rings. The van der Waals surface area contributed by atoms with Crippen molar-refractivity contribution in [1.29, 1.82) is 0 Å². The van der Waals surface area contributed by atoms with Crippen LogP contribution in [0, 0.1) is 10.1 Å². The Hall–Kier alpha value is -1.69. The average Bonchev–Trinajstić information content (AvgIpc) is 2.16. The molecule has 5 nitrogen and oxygen atoms in total. The molecule has 6 heteroatoms. The number of hydrogen-bond acceptors (Lipinski definition) is 3. The molecule has 1 aromatic carbocycles. The van der Waals surface area contributed by atoms with E-state index < -0.39 is 4.92 Å². The molecule has 0 bridgehead atoms. The molecule has 16 heavy (non-hydrogen) atoms. The number of nitro benzene ring substituents is 1. The Bertz CT molecular complexity index is 407. The summed E-state index contributed by atoms with van der Waals surface area (Å²) >= 11 is 5.01.